The molecule has 3 heterocycles. The minimum Gasteiger partial charge on any atom is -0.392 e. The Morgan fingerprint density at radius 1 is 0.679 bits per heavy atom. The monoisotopic (exact) mass is 789 g/mol. The zero-order valence-electron chi connectivity index (χ0n) is 28.1. The number of aliphatic hydroxyl groups excluding tert-OH is 1. The fraction of sp³-hybridized carbons (Fsp3) is 0.211. The van der Waals surface area contributed by atoms with Gasteiger partial charge in [0, 0.05) is 53.5 Å². The molecule has 3 N–H and O–H groups in total. The SMILES string of the molecule is O=C(NCc1ccc(Cl)cc1)c1nsc2ccc(CN3CCOCC3)cc2c1=O.O=C(NCc1ccc(Cl)cc1)c1nsc2ccc(CO)cc2c1=O. The Kier molecular flexibility index (Phi) is 12.9. The van der Waals surface area contributed by atoms with Gasteiger partial charge in [0.1, 0.15) is 0 Å². The second-order valence-electron chi connectivity index (χ2n) is 12.0. The number of benzene rings is 4. The van der Waals surface area contributed by atoms with Gasteiger partial charge >= 0.3 is 0 Å². The highest BCUT2D eigenvalue weighted by Gasteiger charge is 2.18. The van der Waals surface area contributed by atoms with Crippen LogP contribution in [-0.2, 0) is 31.0 Å². The van der Waals surface area contributed by atoms with Crippen LogP contribution < -0.4 is 21.5 Å². The number of halogens is 2. The Labute approximate surface area is 322 Å². The van der Waals surface area contributed by atoms with Gasteiger partial charge in [0.15, 0.2) is 11.4 Å². The van der Waals surface area contributed by atoms with Crippen molar-refractivity contribution in [3.63, 3.8) is 0 Å². The van der Waals surface area contributed by atoms with Gasteiger partial charge in [-0.2, -0.15) is 8.75 Å². The lowest BCUT2D eigenvalue weighted by atomic mass is 10.1. The molecule has 7 rings (SSSR count). The van der Waals surface area contributed by atoms with Crippen LogP contribution in [0.1, 0.15) is 43.2 Å². The molecule has 1 fully saturated rings. The zero-order chi connectivity index (χ0) is 37.3. The van der Waals surface area contributed by atoms with Gasteiger partial charge in [-0.05, 0) is 93.8 Å². The largest absolute Gasteiger partial charge is 0.392 e. The fourth-order valence-electron chi connectivity index (χ4n) is 5.44. The Morgan fingerprint density at radius 2 is 1.11 bits per heavy atom. The molecule has 1 aliphatic heterocycles. The molecule has 1 saturated heterocycles. The van der Waals surface area contributed by atoms with E-state index in [1.54, 1.807) is 54.6 Å². The summed E-state index contributed by atoms with van der Waals surface area (Å²) in [7, 11) is 0. The maximum atomic E-state index is 12.9. The van der Waals surface area contributed by atoms with Gasteiger partial charge < -0.3 is 20.5 Å². The van der Waals surface area contributed by atoms with Crippen LogP contribution in [0.25, 0.3) is 20.2 Å². The predicted octanol–water partition coefficient (Wildman–Crippen LogP) is 5.80. The molecule has 2 aromatic heterocycles. The number of morpholine rings is 1. The molecule has 53 heavy (non-hydrogen) atoms. The lowest BCUT2D eigenvalue weighted by Gasteiger charge is -2.26. The van der Waals surface area contributed by atoms with Gasteiger partial charge in [-0.3, -0.25) is 24.1 Å². The van der Waals surface area contributed by atoms with Crippen molar-refractivity contribution in [1.82, 2.24) is 24.3 Å². The molecule has 11 nitrogen and oxygen atoms in total. The topological polar surface area (TPSA) is 151 Å². The fourth-order valence-corrected chi connectivity index (χ4v) is 7.16. The molecule has 1 aliphatic rings. The van der Waals surface area contributed by atoms with Gasteiger partial charge in [0.05, 0.1) is 29.2 Å². The maximum absolute atomic E-state index is 12.9. The summed E-state index contributed by atoms with van der Waals surface area (Å²) in [5, 5.41) is 16.8. The van der Waals surface area contributed by atoms with E-state index < -0.39 is 17.2 Å². The zero-order valence-corrected chi connectivity index (χ0v) is 31.3. The minimum absolute atomic E-state index is 0.0695. The van der Waals surface area contributed by atoms with Gasteiger partial charge in [-0.15, -0.1) is 0 Å². The molecule has 2 amide bonds. The first-order valence-electron chi connectivity index (χ1n) is 16.5. The first-order chi connectivity index (χ1) is 25.7. The van der Waals surface area contributed by atoms with Crippen LogP contribution in [0, 0.1) is 0 Å². The number of ether oxygens (including phenoxy) is 1. The van der Waals surface area contributed by atoms with Gasteiger partial charge in [-0.1, -0.05) is 59.6 Å². The lowest BCUT2D eigenvalue weighted by molar-refractivity contribution is 0.0342. The molecule has 0 saturated carbocycles. The van der Waals surface area contributed by atoms with Crippen LogP contribution in [0.2, 0.25) is 10.0 Å². The van der Waals surface area contributed by atoms with Crippen LogP contribution in [0.3, 0.4) is 0 Å². The van der Waals surface area contributed by atoms with Gasteiger partial charge in [0.25, 0.3) is 11.8 Å². The van der Waals surface area contributed by atoms with Crippen molar-refractivity contribution in [3.8, 4) is 0 Å². The third-order valence-electron chi connectivity index (χ3n) is 8.33. The van der Waals surface area contributed by atoms with Crippen molar-refractivity contribution >= 4 is 78.3 Å². The van der Waals surface area contributed by atoms with Crippen molar-refractivity contribution in [1.29, 1.82) is 0 Å². The summed E-state index contributed by atoms with van der Waals surface area (Å²) in [5.41, 5.74) is 2.44. The number of hydrogen-bond acceptors (Lipinski definition) is 11. The van der Waals surface area contributed by atoms with E-state index in [0.717, 1.165) is 77.3 Å². The highest BCUT2D eigenvalue weighted by molar-refractivity contribution is 7.13. The highest BCUT2D eigenvalue weighted by Crippen LogP contribution is 2.19. The van der Waals surface area contributed by atoms with Crippen LogP contribution >= 0.6 is 46.3 Å². The van der Waals surface area contributed by atoms with E-state index in [-0.39, 0.29) is 30.0 Å². The third kappa shape index (κ3) is 9.89. The normalized spacial score (nSPS) is 13.0. The second-order valence-corrected chi connectivity index (χ2v) is 14.5. The number of fused-ring (bicyclic) bond motifs is 2. The Balaban J connectivity index is 0.000000185. The maximum Gasteiger partial charge on any atom is 0.275 e. The van der Waals surface area contributed by atoms with Gasteiger partial charge in [0.2, 0.25) is 10.9 Å². The van der Waals surface area contributed by atoms with E-state index in [9.17, 15) is 24.3 Å². The number of carbonyl (C=O) groups excluding carboxylic acids is 2. The minimum atomic E-state index is -0.525. The first kappa shape index (κ1) is 38.1. The van der Waals surface area contributed by atoms with E-state index in [0.29, 0.717) is 37.6 Å². The number of hydrogen-bond donors (Lipinski definition) is 3. The Bertz CT molecular complexity index is 2370. The summed E-state index contributed by atoms with van der Waals surface area (Å²) < 4.78 is 15.0. The predicted molar refractivity (Wildman–Crippen MR) is 209 cm³/mol. The number of amides is 2. The summed E-state index contributed by atoms with van der Waals surface area (Å²) in [6, 6.07) is 25.0. The molecular formula is C38H33Cl2N5O6S2. The summed E-state index contributed by atoms with van der Waals surface area (Å²) in [4.78, 5) is 52.5. The Morgan fingerprint density at radius 3 is 1.58 bits per heavy atom. The number of nitrogens with zero attached hydrogens (tertiary/aromatic N) is 3. The standard InChI is InChI=1S/C21H20ClN3O3S.C17H13ClN2O3S/c22-16-4-1-14(2-5-16)12-23-21(27)19-20(26)17-11-15(3-6-18(17)29-24-19)13-25-7-9-28-10-8-25;18-12-4-1-10(2-5-12)8-19-17(23)15-16(22)13-7-11(9-21)3-6-14(13)24-20-15/h1-6,11H,7-10,12-13H2,(H,23,27);1-7,21H,8-9H2,(H,19,23). The summed E-state index contributed by atoms with van der Waals surface area (Å²) in [6.45, 7) is 4.37. The smallest absolute Gasteiger partial charge is 0.275 e. The van der Waals surface area contributed by atoms with Crippen molar-refractivity contribution in [2.75, 3.05) is 26.3 Å². The molecular weight excluding hydrogens is 757 g/mol. The third-order valence-corrected chi connectivity index (χ3v) is 10.5. The summed E-state index contributed by atoms with van der Waals surface area (Å²) in [6.07, 6.45) is 0. The molecule has 4 aromatic carbocycles. The van der Waals surface area contributed by atoms with Crippen LogP contribution in [0.15, 0.2) is 94.5 Å². The van der Waals surface area contributed by atoms with Crippen molar-refractivity contribution in [2.24, 2.45) is 0 Å². The van der Waals surface area contributed by atoms with E-state index in [1.807, 2.05) is 30.3 Å². The first-order valence-corrected chi connectivity index (χ1v) is 18.8. The molecule has 0 radical (unpaired) electrons. The molecule has 15 heteroatoms. The molecule has 0 unspecified atom stereocenters. The highest BCUT2D eigenvalue weighted by atomic mass is 35.5. The average molecular weight is 791 g/mol. The van der Waals surface area contributed by atoms with Crippen molar-refractivity contribution in [2.45, 2.75) is 26.2 Å². The summed E-state index contributed by atoms with van der Waals surface area (Å²) in [5.74, 6) is -0.996. The second kappa shape index (κ2) is 18.0. The number of rotatable bonds is 9. The average Bonchev–Trinajstić information content (AvgIpc) is 3.18. The molecule has 0 spiro atoms. The van der Waals surface area contributed by atoms with Gasteiger partial charge in [-0.25, -0.2) is 0 Å². The molecule has 272 valence electrons. The molecule has 0 bridgehead atoms. The van der Waals surface area contributed by atoms with E-state index in [2.05, 4.69) is 24.3 Å². The molecule has 6 aromatic rings. The van der Waals surface area contributed by atoms with Crippen molar-refractivity contribution in [3.05, 3.63) is 149 Å². The number of aromatic nitrogens is 2. The molecule has 0 aliphatic carbocycles. The quantitative estimate of drug-likeness (QED) is 0.165. The van der Waals surface area contributed by atoms with Crippen LogP contribution in [0.5, 0.6) is 0 Å². The van der Waals surface area contributed by atoms with E-state index in [4.69, 9.17) is 27.9 Å². The van der Waals surface area contributed by atoms with Crippen LogP contribution in [-0.4, -0.2) is 56.9 Å². The van der Waals surface area contributed by atoms with Crippen LogP contribution in [0.4, 0.5) is 0 Å². The number of nitrogens with one attached hydrogen (secondary N) is 2. The Hall–Kier alpha value is -4.60. The number of carbonyl (C=O) groups is 2. The molecule has 0 atom stereocenters. The van der Waals surface area contributed by atoms with E-state index >= 15 is 0 Å². The summed E-state index contributed by atoms with van der Waals surface area (Å²) >= 11 is 13.9. The lowest BCUT2D eigenvalue weighted by Crippen LogP contribution is -2.35. The van der Waals surface area contributed by atoms with E-state index in [1.165, 1.54) is 0 Å². The number of aliphatic hydroxyl groups is 1. The van der Waals surface area contributed by atoms with Crippen molar-refractivity contribution < 1.29 is 19.4 Å².